The molecule has 0 aliphatic rings. The summed E-state index contributed by atoms with van der Waals surface area (Å²) in [6, 6.07) is 19.5. The van der Waals surface area contributed by atoms with E-state index in [1.807, 2.05) is 24.3 Å². The number of hydrogen-bond acceptors (Lipinski definition) is 6. The first-order chi connectivity index (χ1) is 30.9. The second-order valence-electron chi connectivity index (χ2n) is 18.7. The molecule has 4 aromatic carbocycles. The Labute approximate surface area is 418 Å². The van der Waals surface area contributed by atoms with Crippen molar-refractivity contribution in [2.75, 3.05) is 0 Å². The maximum absolute atomic E-state index is 11.9. The third-order valence-corrected chi connectivity index (χ3v) is 14.8. The van der Waals surface area contributed by atoms with Gasteiger partial charge in [0.1, 0.15) is 20.2 Å². The average molecular weight is 1130 g/mol. The molecule has 0 aliphatic heterocycles. The Morgan fingerprint density at radius 1 is 0.323 bits per heavy atom. The molecule has 65 heavy (non-hydrogen) atoms. The molecule has 0 amide bonds. The van der Waals surface area contributed by atoms with Crippen molar-refractivity contribution in [3.05, 3.63) is 82.9 Å². The van der Waals surface area contributed by atoms with Gasteiger partial charge in [-0.15, -0.1) is 0 Å². The number of hydrogen-bond donors (Lipinski definition) is 0. The van der Waals surface area contributed by atoms with Gasteiger partial charge in [0.25, 0.3) is 0 Å². The van der Waals surface area contributed by atoms with Crippen LogP contribution in [0.5, 0.6) is 0 Å². The molecule has 0 fully saturated rings. The van der Waals surface area contributed by atoms with Gasteiger partial charge in [0.2, 0.25) is 0 Å². The maximum Gasteiger partial charge on any atom is 2.00 e. The SMILES string of the molecule is CCCCCCCCCc1ccc2cc(S(=O)(=O)[O-])c(CCCCCCCCC)cc2c1.CCCCCCCCCc1ccc2cc(S(=O)(=O)[O-])c(CCCCCCCCC)cc2c1.[Pb+2]. The number of fused-ring (bicyclic) bond motifs is 2. The van der Waals surface area contributed by atoms with Crippen molar-refractivity contribution in [3.8, 4) is 0 Å². The van der Waals surface area contributed by atoms with Gasteiger partial charge in [-0.2, -0.15) is 0 Å². The predicted octanol–water partition coefficient (Wildman–Crippen LogP) is 16.3. The molecule has 0 bridgehead atoms. The van der Waals surface area contributed by atoms with Crippen LogP contribution in [0.1, 0.15) is 230 Å². The molecule has 6 nitrogen and oxygen atoms in total. The van der Waals surface area contributed by atoms with E-state index in [1.54, 1.807) is 12.1 Å². The molecule has 4 rings (SSSR count). The Kier molecular flexibility index (Phi) is 31.4. The summed E-state index contributed by atoms with van der Waals surface area (Å²) in [5.41, 5.74) is 3.97. The van der Waals surface area contributed by atoms with Crippen molar-refractivity contribution in [1.29, 1.82) is 0 Å². The van der Waals surface area contributed by atoms with E-state index in [-0.39, 0.29) is 37.1 Å². The van der Waals surface area contributed by atoms with Crippen molar-refractivity contribution < 1.29 is 25.9 Å². The smallest absolute Gasteiger partial charge is 0.744 e. The van der Waals surface area contributed by atoms with Crippen LogP contribution in [0.25, 0.3) is 21.5 Å². The van der Waals surface area contributed by atoms with Crippen LogP contribution in [0.2, 0.25) is 0 Å². The van der Waals surface area contributed by atoms with Crippen molar-refractivity contribution in [3.63, 3.8) is 0 Å². The Morgan fingerprint density at radius 3 is 0.862 bits per heavy atom. The third kappa shape index (κ3) is 24.3. The molecule has 0 aromatic heterocycles. The average Bonchev–Trinajstić information content (AvgIpc) is 3.26. The van der Waals surface area contributed by atoms with Gasteiger partial charge in [-0.25, -0.2) is 16.8 Å². The van der Waals surface area contributed by atoms with Gasteiger partial charge in [0, 0.05) is 0 Å². The zero-order valence-electron chi connectivity index (χ0n) is 41.2. The first-order valence-corrected chi connectivity index (χ1v) is 28.8. The minimum atomic E-state index is -4.47. The van der Waals surface area contributed by atoms with Gasteiger partial charge in [-0.1, -0.05) is 218 Å². The van der Waals surface area contributed by atoms with Crippen molar-refractivity contribution in [1.82, 2.24) is 0 Å². The topological polar surface area (TPSA) is 114 Å². The summed E-state index contributed by atoms with van der Waals surface area (Å²) < 4.78 is 71.3. The molecule has 0 saturated carbocycles. The number of benzene rings is 4. The zero-order chi connectivity index (χ0) is 46.5. The Hall–Kier alpha value is -1.86. The molecular formula is C56H86O6PbS2. The van der Waals surface area contributed by atoms with Crippen molar-refractivity contribution >= 4 is 69.1 Å². The molecule has 0 atom stereocenters. The van der Waals surface area contributed by atoms with Crippen LogP contribution in [0, 0.1) is 0 Å². The third-order valence-electron chi connectivity index (χ3n) is 12.9. The molecule has 0 heterocycles. The van der Waals surface area contributed by atoms with Crippen LogP contribution in [-0.2, 0) is 45.9 Å². The van der Waals surface area contributed by atoms with Gasteiger partial charge in [0.05, 0.1) is 9.79 Å². The standard InChI is InChI=1S/2C28H44O3S.Pb/c2*1-3-5-7-9-11-13-15-17-24-19-20-25-23-28(32(29,30)31)26(22-27(25)21-24)18-16-14-12-10-8-6-4-2;/h2*19-23H,3-18H2,1-2H3,(H,29,30,31);/q;;+2/p-2. The second kappa shape index (κ2) is 34.4. The molecule has 362 valence electrons. The summed E-state index contributed by atoms with van der Waals surface area (Å²) in [6.07, 6.45) is 38.0. The fourth-order valence-corrected chi connectivity index (χ4v) is 10.5. The van der Waals surface area contributed by atoms with Crippen LogP contribution < -0.4 is 0 Å². The number of aryl methyl sites for hydroxylation is 4. The maximum atomic E-state index is 11.9. The zero-order valence-corrected chi connectivity index (χ0v) is 46.7. The molecule has 0 unspecified atom stereocenters. The summed E-state index contributed by atoms with van der Waals surface area (Å²) in [5, 5.41) is 3.78. The molecule has 9 heteroatoms. The number of rotatable bonds is 34. The van der Waals surface area contributed by atoms with Crippen LogP contribution in [0.15, 0.2) is 70.5 Å². The summed E-state index contributed by atoms with van der Waals surface area (Å²) in [5.74, 6) is 0. The van der Waals surface area contributed by atoms with E-state index < -0.39 is 20.2 Å². The Bertz CT molecular complexity index is 1960. The molecule has 0 spiro atoms. The molecule has 0 N–H and O–H groups in total. The van der Waals surface area contributed by atoms with Gasteiger partial charge < -0.3 is 9.11 Å². The summed E-state index contributed by atoms with van der Waals surface area (Å²) in [7, 11) is -8.93. The quantitative estimate of drug-likeness (QED) is 0.0261. The normalized spacial score (nSPS) is 11.8. The first-order valence-electron chi connectivity index (χ1n) is 25.9. The summed E-state index contributed by atoms with van der Waals surface area (Å²) >= 11 is 0. The van der Waals surface area contributed by atoms with Crippen LogP contribution >= 0.6 is 0 Å². The summed E-state index contributed by atoms with van der Waals surface area (Å²) in [4.78, 5) is -0.0633. The van der Waals surface area contributed by atoms with Crippen LogP contribution in [-0.4, -0.2) is 53.2 Å². The minimum absolute atomic E-state index is 0. The minimum Gasteiger partial charge on any atom is -0.744 e. The van der Waals surface area contributed by atoms with E-state index in [0.717, 1.165) is 60.1 Å². The van der Waals surface area contributed by atoms with Crippen molar-refractivity contribution in [2.24, 2.45) is 0 Å². The fraction of sp³-hybridized carbons (Fsp3) is 0.643. The van der Waals surface area contributed by atoms with Crippen LogP contribution in [0.3, 0.4) is 0 Å². The Balaban J connectivity index is 0.000000440. The van der Waals surface area contributed by atoms with Gasteiger partial charge in [-0.05, 0) is 119 Å². The van der Waals surface area contributed by atoms with Crippen molar-refractivity contribution in [2.45, 2.75) is 243 Å². The predicted molar refractivity (Wildman–Crippen MR) is 276 cm³/mol. The molecular weight excluding hydrogens is 1040 g/mol. The van der Waals surface area contributed by atoms with E-state index in [1.165, 1.54) is 165 Å². The summed E-state index contributed by atoms with van der Waals surface area (Å²) in [6.45, 7) is 8.92. The molecule has 4 aromatic rings. The largest absolute Gasteiger partial charge is 2.00 e. The van der Waals surface area contributed by atoms with Gasteiger partial charge in [0.15, 0.2) is 0 Å². The Morgan fingerprint density at radius 2 is 0.585 bits per heavy atom. The molecule has 0 aliphatic carbocycles. The van der Waals surface area contributed by atoms with E-state index in [9.17, 15) is 25.9 Å². The number of unbranched alkanes of at least 4 members (excludes halogenated alkanes) is 24. The van der Waals surface area contributed by atoms with Gasteiger partial charge in [-0.3, -0.25) is 0 Å². The van der Waals surface area contributed by atoms with E-state index in [2.05, 4.69) is 52.0 Å². The second-order valence-corrected chi connectivity index (χ2v) is 21.4. The monoisotopic (exact) mass is 1130 g/mol. The van der Waals surface area contributed by atoms with Crippen LogP contribution in [0.4, 0.5) is 0 Å². The van der Waals surface area contributed by atoms with E-state index >= 15 is 0 Å². The molecule has 0 saturated heterocycles. The first kappa shape index (κ1) is 59.3. The fourth-order valence-electron chi connectivity index (χ4n) is 9.03. The van der Waals surface area contributed by atoms with E-state index in [0.29, 0.717) is 24.0 Å². The molecule has 2 radical (unpaired) electrons. The van der Waals surface area contributed by atoms with Gasteiger partial charge >= 0.3 is 27.3 Å². The van der Waals surface area contributed by atoms with E-state index in [4.69, 9.17) is 0 Å².